The van der Waals surface area contributed by atoms with Gasteiger partial charge in [0.2, 0.25) is 0 Å². The van der Waals surface area contributed by atoms with Crippen molar-refractivity contribution in [2.75, 3.05) is 34.3 Å². The summed E-state index contributed by atoms with van der Waals surface area (Å²) in [6.45, 7) is 1.59. The van der Waals surface area contributed by atoms with Gasteiger partial charge >= 0.3 is 6.18 Å². The fraction of sp³-hybridized carbons (Fsp3) is 0.292. The molecule has 11 heteroatoms. The Balaban J connectivity index is 1.76. The summed E-state index contributed by atoms with van der Waals surface area (Å²) in [6.07, 6.45) is -2.19. The van der Waals surface area contributed by atoms with Gasteiger partial charge in [-0.05, 0) is 80.8 Å². The van der Waals surface area contributed by atoms with Crippen LogP contribution >= 0.6 is 11.8 Å². The molecule has 35 heavy (non-hydrogen) atoms. The van der Waals surface area contributed by atoms with Crippen molar-refractivity contribution in [3.8, 4) is 23.3 Å². The molecular formula is C24H23F3N4O3S. The lowest BCUT2D eigenvalue weighted by atomic mass is 10.1. The number of nitrogens with one attached hydrogen (secondary N) is 1. The summed E-state index contributed by atoms with van der Waals surface area (Å²) in [7, 11) is 5.32. The molecule has 7 nitrogen and oxygen atoms in total. The molecule has 1 N–H and O–H groups in total. The van der Waals surface area contributed by atoms with Crippen molar-refractivity contribution < 1.29 is 27.4 Å². The number of ether oxygens (including phenoxy) is 2. The summed E-state index contributed by atoms with van der Waals surface area (Å²) in [4.78, 5) is 18.7. The van der Waals surface area contributed by atoms with Gasteiger partial charge in [-0.1, -0.05) is 6.07 Å². The Bertz CT molecular complexity index is 1200. The maximum Gasteiger partial charge on any atom is 0.420 e. The maximum atomic E-state index is 13.5. The van der Waals surface area contributed by atoms with E-state index in [9.17, 15) is 18.0 Å². The molecule has 0 fully saturated rings. The van der Waals surface area contributed by atoms with Gasteiger partial charge in [0.25, 0.3) is 5.91 Å². The van der Waals surface area contributed by atoms with Crippen LogP contribution in [0, 0.1) is 11.3 Å². The molecule has 0 saturated heterocycles. The molecule has 1 aliphatic rings. The zero-order chi connectivity index (χ0) is 25.6. The average Bonchev–Trinajstić information content (AvgIpc) is 3.15. The van der Waals surface area contributed by atoms with Crippen LogP contribution < -0.4 is 14.8 Å². The molecule has 0 radical (unpaired) electrons. The van der Waals surface area contributed by atoms with Crippen molar-refractivity contribution in [2.45, 2.75) is 12.6 Å². The van der Waals surface area contributed by atoms with E-state index in [0.29, 0.717) is 22.2 Å². The number of amides is 1. The van der Waals surface area contributed by atoms with Crippen molar-refractivity contribution in [3.63, 3.8) is 0 Å². The van der Waals surface area contributed by atoms with E-state index in [1.807, 2.05) is 14.1 Å². The summed E-state index contributed by atoms with van der Waals surface area (Å²) in [5, 5.41) is 12.6. The summed E-state index contributed by atoms with van der Waals surface area (Å²) in [5.74, 6) is -0.609. The third kappa shape index (κ3) is 7.00. The van der Waals surface area contributed by atoms with Gasteiger partial charge in [0.15, 0.2) is 16.7 Å². The van der Waals surface area contributed by atoms with Gasteiger partial charge in [-0.25, -0.2) is 0 Å². The first-order chi connectivity index (χ1) is 16.6. The van der Waals surface area contributed by atoms with Crippen LogP contribution in [0.3, 0.4) is 0 Å². The molecule has 0 bridgehead atoms. The van der Waals surface area contributed by atoms with Crippen LogP contribution in [0.4, 0.5) is 13.2 Å². The van der Waals surface area contributed by atoms with E-state index in [1.165, 1.54) is 31.0 Å². The van der Waals surface area contributed by atoms with E-state index in [1.54, 1.807) is 24.3 Å². The largest absolute Gasteiger partial charge is 0.493 e. The fourth-order valence-corrected chi connectivity index (χ4v) is 3.95. The summed E-state index contributed by atoms with van der Waals surface area (Å²) < 4.78 is 51.2. The number of thioether (sulfide) groups is 1. The van der Waals surface area contributed by atoms with Crippen LogP contribution in [0.1, 0.15) is 23.1 Å². The van der Waals surface area contributed by atoms with Crippen LogP contribution in [0.5, 0.6) is 17.2 Å². The maximum absolute atomic E-state index is 13.5. The minimum atomic E-state index is -4.71. The Kier molecular flexibility index (Phi) is 8.43. The fourth-order valence-electron chi connectivity index (χ4n) is 3.11. The number of amidine groups is 1. The lowest BCUT2D eigenvalue weighted by molar-refractivity contribution is -0.138. The number of hydrogen-bond acceptors (Lipinski definition) is 7. The predicted octanol–water partition coefficient (Wildman–Crippen LogP) is 4.89. The number of carbonyl (C=O) groups is 1. The smallest absolute Gasteiger partial charge is 0.420 e. The van der Waals surface area contributed by atoms with E-state index in [-0.39, 0.29) is 23.0 Å². The van der Waals surface area contributed by atoms with Gasteiger partial charge in [0.05, 0.1) is 29.2 Å². The second-order valence-electron chi connectivity index (χ2n) is 7.75. The second-order valence-corrected chi connectivity index (χ2v) is 8.78. The zero-order valence-electron chi connectivity index (χ0n) is 19.3. The molecular weight excluding hydrogens is 481 g/mol. The van der Waals surface area contributed by atoms with Crippen LogP contribution in [0.15, 0.2) is 46.3 Å². The average molecular weight is 505 g/mol. The van der Waals surface area contributed by atoms with Crippen molar-refractivity contribution in [1.29, 1.82) is 5.26 Å². The first-order valence-corrected chi connectivity index (χ1v) is 11.3. The topological polar surface area (TPSA) is 86.9 Å². The molecule has 1 aliphatic heterocycles. The monoisotopic (exact) mass is 504 g/mol. The molecule has 0 atom stereocenters. The Morgan fingerprint density at radius 1 is 1.17 bits per heavy atom. The van der Waals surface area contributed by atoms with Gasteiger partial charge in [-0.3, -0.25) is 4.79 Å². The molecule has 0 saturated carbocycles. The summed E-state index contributed by atoms with van der Waals surface area (Å²) in [5.41, 5.74) is -0.614. The molecule has 0 unspecified atom stereocenters. The van der Waals surface area contributed by atoms with Gasteiger partial charge in [0, 0.05) is 6.54 Å². The predicted molar refractivity (Wildman–Crippen MR) is 128 cm³/mol. The Labute approximate surface area is 205 Å². The highest BCUT2D eigenvalue weighted by Crippen LogP contribution is 2.41. The highest BCUT2D eigenvalue weighted by molar-refractivity contribution is 8.18. The molecule has 2 aromatic rings. The van der Waals surface area contributed by atoms with E-state index >= 15 is 0 Å². The summed E-state index contributed by atoms with van der Waals surface area (Å²) in [6, 6.07) is 9.35. The Morgan fingerprint density at radius 3 is 2.57 bits per heavy atom. The molecule has 0 spiro atoms. The SMILES string of the molecule is COc1cc(/C=C2/SC(NCCCN(C)C)=NC2=O)ccc1Oc1ccc(C#N)cc1C(F)(F)F. The van der Waals surface area contributed by atoms with Crippen LogP contribution in [0.25, 0.3) is 6.08 Å². The molecule has 184 valence electrons. The van der Waals surface area contributed by atoms with Crippen LogP contribution in [-0.2, 0) is 11.0 Å². The van der Waals surface area contributed by atoms with Gasteiger partial charge in [0.1, 0.15) is 5.75 Å². The number of aliphatic imine (C=N–C) groups is 1. The minimum Gasteiger partial charge on any atom is -0.493 e. The number of nitrogens with zero attached hydrogens (tertiary/aromatic N) is 3. The van der Waals surface area contributed by atoms with Crippen molar-refractivity contribution >= 4 is 28.9 Å². The number of benzene rings is 2. The standard InChI is InChI=1S/C24H23F3N4O3S/c1-31(2)10-4-9-29-23-30-22(32)21(35-23)13-15-5-8-19(20(12-15)33-3)34-18-7-6-16(14-28)11-17(18)24(25,26)27/h5-8,11-13H,4,9-10H2,1-3H3,(H,29,30,32)/b21-13+. The van der Waals surface area contributed by atoms with E-state index in [0.717, 1.165) is 25.1 Å². The molecule has 2 aromatic carbocycles. The highest BCUT2D eigenvalue weighted by Gasteiger charge is 2.35. The summed E-state index contributed by atoms with van der Waals surface area (Å²) >= 11 is 1.21. The number of nitriles is 1. The van der Waals surface area contributed by atoms with Crippen LogP contribution in [0.2, 0.25) is 0 Å². The lowest BCUT2D eigenvalue weighted by Crippen LogP contribution is -2.24. The van der Waals surface area contributed by atoms with E-state index in [2.05, 4.69) is 15.2 Å². The number of carbonyl (C=O) groups excluding carboxylic acids is 1. The highest BCUT2D eigenvalue weighted by atomic mass is 32.2. The Hall–Kier alpha value is -3.49. The number of alkyl halides is 3. The van der Waals surface area contributed by atoms with Crippen molar-refractivity contribution in [3.05, 3.63) is 58.0 Å². The molecule has 0 aliphatic carbocycles. The molecule has 3 rings (SSSR count). The second kappa shape index (κ2) is 11.3. The normalized spacial score (nSPS) is 14.7. The van der Waals surface area contributed by atoms with Crippen molar-refractivity contribution in [2.24, 2.45) is 4.99 Å². The zero-order valence-corrected chi connectivity index (χ0v) is 20.1. The first-order valence-electron chi connectivity index (χ1n) is 10.5. The quantitative estimate of drug-likeness (QED) is 0.405. The van der Waals surface area contributed by atoms with E-state index < -0.39 is 17.5 Å². The number of methoxy groups -OCH3 is 1. The third-order valence-electron chi connectivity index (χ3n) is 4.80. The third-order valence-corrected chi connectivity index (χ3v) is 5.74. The van der Waals surface area contributed by atoms with Gasteiger partial charge in [-0.15, -0.1) is 0 Å². The molecule has 0 aromatic heterocycles. The van der Waals surface area contributed by atoms with Crippen molar-refractivity contribution in [1.82, 2.24) is 10.2 Å². The van der Waals surface area contributed by atoms with Crippen LogP contribution in [-0.4, -0.2) is 50.3 Å². The first kappa shape index (κ1) is 26.1. The lowest BCUT2D eigenvalue weighted by Gasteiger charge is -2.16. The number of hydrogen-bond donors (Lipinski definition) is 1. The number of halogens is 3. The Morgan fingerprint density at radius 2 is 1.91 bits per heavy atom. The minimum absolute atomic E-state index is 0.0507. The van der Waals surface area contributed by atoms with Gasteiger partial charge in [-0.2, -0.15) is 23.4 Å². The molecule has 1 heterocycles. The number of rotatable bonds is 8. The van der Waals surface area contributed by atoms with Gasteiger partial charge < -0.3 is 19.7 Å². The molecule has 1 amide bonds. The van der Waals surface area contributed by atoms with E-state index in [4.69, 9.17) is 14.7 Å².